The van der Waals surface area contributed by atoms with Crippen LogP contribution < -0.4 is 5.73 Å². The summed E-state index contributed by atoms with van der Waals surface area (Å²) in [6.45, 7) is 3.54. The van der Waals surface area contributed by atoms with Crippen molar-refractivity contribution in [2.24, 2.45) is 11.7 Å². The number of nitrogens with two attached hydrogens (primary N) is 1. The van der Waals surface area contributed by atoms with E-state index in [2.05, 4.69) is 17.1 Å². The van der Waals surface area contributed by atoms with Crippen LogP contribution in [0.3, 0.4) is 0 Å². The minimum atomic E-state index is 0.0208. The lowest BCUT2D eigenvalue weighted by Crippen LogP contribution is -2.49. The Bertz CT molecular complexity index is 363. The summed E-state index contributed by atoms with van der Waals surface area (Å²) in [4.78, 5) is 14.1. The first-order chi connectivity index (χ1) is 8.26. The van der Waals surface area contributed by atoms with E-state index < -0.39 is 0 Å². The fourth-order valence-electron chi connectivity index (χ4n) is 2.53. The summed E-state index contributed by atoms with van der Waals surface area (Å²) in [6, 6.07) is 1.88. The van der Waals surface area contributed by atoms with Gasteiger partial charge in [-0.15, -0.1) is 0 Å². The van der Waals surface area contributed by atoms with Crippen molar-refractivity contribution in [3.05, 3.63) is 18.0 Å². The topological polar surface area (TPSA) is 75.0 Å². The Kier molecular flexibility index (Phi) is 3.78. The maximum absolute atomic E-state index is 12.2. The SMILES string of the molecule is CCC1CCN(C(=O)c2ccn[nH]2)C(CN)C1. The van der Waals surface area contributed by atoms with E-state index >= 15 is 0 Å². The molecule has 1 aromatic heterocycles. The van der Waals surface area contributed by atoms with Gasteiger partial charge < -0.3 is 10.6 Å². The zero-order valence-corrected chi connectivity index (χ0v) is 10.2. The fourth-order valence-corrected chi connectivity index (χ4v) is 2.53. The lowest BCUT2D eigenvalue weighted by Gasteiger charge is -2.38. The molecule has 2 unspecified atom stereocenters. The van der Waals surface area contributed by atoms with E-state index in [9.17, 15) is 4.79 Å². The van der Waals surface area contributed by atoms with Gasteiger partial charge in [0.05, 0.1) is 0 Å². The van der Waals surface area contributed by atoms with Crippen LogP contribution in [0.15, 0.2) is 12.3 Å². The molecule has 3 N–H and O–H groups in total. The number of likely N-dealkylation sites (tertiary alicyclic amines) is 1. The van der Waals surface area contributed by atoms with Gasteiger partial charge >= 0.3 is 0 Å². The number of aromatic amines is 1. The minimum absolute atomic E-state index is 0.0208. The molecule has 0 bridgehead atoms. The van der Waals surface area contributed by atoms with E-state index in [-0.39, 0.29) is 11.9 Å². The zero-order chi connectivity index (χ0) is 12.3. The number of piperidine rings is 1. The van der Waals surface area contributed by atoms with E-state index in [4.69, 9.17) is 5.73 Å². The van der Waals surface area contributed by atoms with Crippen molar-refractivity contribution in [3.8, 4) is 0 Å². The van der Waals surface area contributed by atoms with Gasteiger partial charge in [0.15, 0.2) is 0 Å². The summed E-state index contributed by atoms with van der Waals surface area (Å²) in [7, 11) is 0. The van der Waals surface area contributed by atoms with Gasteiger partial charge in [-0.05, 0) is 24.8 Å². The predicted octanol–water partition coefficient (Wildman–Crippen LogP) is 0.999. The number of rotatable bonds is 3. The molecular formula is C12H20N4O. The van der Waals surface area contributed by atoms with Crippen LogP contribution in [0.4, 0.5) is 0 Å². The van der Waals surface area contributed by atoms with Crippen LogP contribution in [-0.4, -0.2) is 40.1 Å². The largest absolute Gasteiger partial charge is 0.333 e. The second-order valence-corrected chi connectivity index (χ2v) is 4.66. The Morgan fingerprint density at radius 1 is 1.71 bits per heavy atom. The van der Waals surface area contributed by atoms with E-state index in [1.165, 1.54) is 6.42 Å². The van der Waals surface area contributed by atoms with Crippen LogP contribution in [0.5, 0.6) is 0 Å². The Labute approximate surface area is 101 Å². The summed E-state index contributed by atoms with van der Waals surface area (Å²) >= 11 is 0. The monoisotopic (exact) mass is 236 g/mol. The number of nitrogens with zero attached hydrogens (tertiary/aromatic N) is 2. The molecule has 2 heterocycles. The molecule has 5 heteroatoms. The van der Waals surface area contributed by atoms with Crippen molar-refractivity contribution in [1.29, 1.82) is 0 Å². The first kappa shape index (κ1) is 12.1. The maximum Gasteiger partial charge on any atom is 0.272 e. The summed E-state index contributed by atoms with van der Waals surface area (Å²) in [5.74, 6) is 0.724. The van der Waals surface area contributed by atoms with Crippen LogP contribution in [0, 0.1) is 5.92 Å². The highest BCUT2D eigenvalue weighted by Gasteiger charge is 2.30. The van der Waals surface area contributed by atoms with Gasteiger partial charge in [0.1, 0.15) is 5.69 Å². The van der Waals surface area contributed by atoms with E-state index in [1.54, 1.807) is 12.3 Å². The van der Waals surface area contributed by atoms with Crippen LogP contribution in [0.25, 0.3) is 0 Å². The highest BCUT2D eigenvalue weighted by molar-refractivity contribution is 5.92. The average molecular weight is 236 g/mol. The summed E-state index contributed by atoms with van der Waals surface area (Å²) in [6.07, 6.45) is 4.87. The molecule has 0 aliphatic carbocycles. The van der Waals surface area contributed by atoms with Crippen molar-refractivity contribution < 1.29 is 4.79 Å². The first-order valence-corrected chi connectivity index (χ1v) is 6.26. The van der Waals surface area contributed by atoms with E-state index in [0.717, 1.165) is 19.4 Å². The molecule has 1 aromatic rings. The molecule has 0 radical (unpaired) electrons. The Balaban J connectivity index is 2.07. The summed E-state index contributed by atoms with van der Waals surface area (Å²) in [5, 5.41) is 6.54. The predicted molar refractivity (Wildman–Crippen MR) is 65.5 cm³/mol. The molecule has 94 valence electrons. The molecule has 2 rings (SSSR count). The van der Waals surface area contributed by atoms with Gasteiger partial charge in [-0.25, -0.2) is 0 Å². The standard InChI is InChI=1S/C12H20N4O/c1-2-9-4-6-16(10(7-9)8-13)12(17)11-3-5-14-15-11/h3,5,9-10H,2,4,6-8,13H2,1H3,(H,14,15). The lowest BCUT2D eigenvalue weighted by molar-refractivity contribution is 0.0552. The average Bonchev–Trinajstić information content (AvgIpc) is 2.91. The zero-order valence-electron chi connectivity index (χ0n) is 10.2. The van der Waals surface area contributed by atoms with E-state index in [1.807, 2.05) is 4.90 Å². The van der Waals surface area contributed by atoms with Crippen molar-refractivity contribution >= 4 is 5.91 Å². The van der Waals surface area contributed by atoms with Gasteiger partial charge in [-0.1, -0.05) is 13.3 Å². The number of amides is 1. The number of aromatic nitrogens is 2. The second-order valence-electron chi connectivity index (χ2n) is 4.66. The first-order valence-electron chi connectivity index (χ1n) is 6.26. The summed E-state index contributed by atoms with van der Waals surface area (Å²) < 4.78 is 0. The number of nitrogens with one attached hydrogen (secondary N) is 1. The van der Waals surface area contributed by atoms with Gasteiger partial charge in [-0.3, -0.25) is 9.89 Å². The smallest absolute Gasteiger partial charge is 0.272 e. The second kappa shape index (κ2) is 5.31. The number of carbonyl (C=O) groups excluding carboxylic acids is 1. The molecule has 0 spiro atoms. The van der Waals surface area contributed by atoms with Crippen molar-refractivity contribution in [1.82, 2.24) is 15.1 Å². The molecule has 0 saturated carbocycles. The van der Waals surface area contributed by atoms with Crippen LogP contribution >= 0.6 is 0 Å². The molecule has 1 aliphatic heterocycles. The Hall–Kier alpha value is -1.36. The van der Waals surface area contributed by atoms with Crippen molar-refractivity contribution in [3.63, 3.8) is 0 Å². The third-order valence-electron chi connectivity index (χ3n) is 3.67. The quantitative estimate of drug-likeness (QED) is 0.822. The van der Waals surface area contributed by atoms with Gasteiger partial charge in [-0.2, -0.15) is 5.10 Å². The molecule has 1 aliphatic rings. The molecular weight excluding hydrogens is 216 g/mol. The summed E-state index contributed by atoms with van der Waals surface area (Å²) in [5.41, 5.74) is 6.34. The number of carbonyl (C=O) groups is 1. The Morgan fingerprint density at radius 3 is 3.12 bits per heavy atom. The number of hydrogen-bond donors (Lipinski definition) is 2. The van der Waals surface area contributed by atoms with Crippen molar-refractivity contribution in [2.45, 2.75) is 32.2 Å². The molecule has 2 atom stereocenters. The maximum atomic E-state index is 12.2. The molecule has 5 nitrogen and oxygen atoms in total. The molecule has 1 saturated heterocycles. The van der Waals surface area contributed by atoms with Gasteiger partial charge in [0.2, 0.25) is 0 Å². The highest BCUT2D eigenvalue weighted by Crippen LogP contribution is 2.25. The third-order valence-corrected chi connectivity index (χ3v) is 3.67. The molecule has 0 aromatic carbocycles. The highest BCUT2D eigenvalue weighted by atomic mass is 16.2. The lowest BCUT2D eigenvalue weighted by atomic mass is 9.88. The number of H-pyrrole nitrogens is 1. The van der Waals surface area contributed by atoms with Crippen molar-refractivity contribution in [2.75, 3.05) is 13.1 Å². The molecule has 1 fully saturated rings. The number of hydrogen-bond acceptors (Lipinski definition) is 3. The molecule has 1 amide bonds. The normalized spacial score (nSPS) is 24.9. The third kappa shape index (κ3) is 2.49. The van der Waals surface area contributed by atoms with Crippen LogP contribution in [-0.2, 0) is 0 Å². The Morgan fingerprint density at radius 2 is 2.53 bits per heavy atom. The van der Waals surface area contributed by atoms with Crippen LogP contribution in [0.2, 0.25) is 0 Å². The van der Waals surface area contributed by atoms with Gasteiger partial charge in [0, 0.05) is 25.3 Å². The van der Waals surface area contributed by atoms with Gasteiger partial charge in [0.25, 0.3) is 5.91 Å². The van der Waals surface area contributed by atoms with Crippen LogP contribution in [0.1, 0.15) is 36.7 Å². The van der Waals surface area contributed by atoms with E-state index in [0.29, 0.717) is 18.2 Å². The minimum Gasteiger partial charge on any atom is -0.333 e. The fraction of sp³-hybridized carbons (Fsp3) is 0.667. The molecule has 17 heavy (non-hydrogen) atoms.